The van der Waals surface area contributed by atoms with Gasteiger partial charge in [-0.15, -0.1) is 0 Å². The van der Waals surface area contributed by atoms with Crippen molar-refractivity contribution in [1.29, 1.82) is 0 Å². The van der Waals surface area contributed by atoms with Crippen molar-refractivity contribution in [1.82, 2.24) is 0 Å². The van der Waals surface area contributed by atoms with Gasteiger partial charge in [-0.05, 0) is 70.6 Å². The predicted molar refractivity (Wildman–Crippen MR) is 333 cm³/mol. The van der Waals surface area contributed by atoms with E-state index in [2.05, 4.69) is 50.3 Å². The summed E-state index contributed by atoms with van der Waals surface area (Å²) in [7, 11) is 1.18. The molecule has 0 N–H and O–H groups in total. The van der Waals surface area contributed by atoms with E-state index in [0.717, 1.165) is 38.5 Å². The molecule has 0 aromatic carbocycles. The van der Waals surface area contributed by atoms with Crippen molar-refractivity contribution in [2.45, 2.75) is 341 Å². The molecule has 0 rings (SSSR count). The summed E-state index contributed by atoms with van der Waals surface area (Å²) in [5, 5.41) is 0. The number of carbonyl (C=O) groups is 2. The van der Waals surface area contributed by atoms with E-state index in [1.807, 2.05) is 21.1 Å². The van der Waals surface area contributed by atoms with Crippen LogP contribution in [-0.2, 0) is 32.7 Å². The second-order valence-corrected chi connectivity index (χ2v) is 25.6. The molecular weight excluding hydrogens is 990 g/mol. The maximum absolute atomic E-state index is 12.8. The molecule has 2 atom stereocenters. The highest BCUT2D eigenvalue weighted by atomic mass is 31.2. The largest absolute Gasteiger partial charge is 0.756 e. The number of quaternary nitrogens is 1. The van der Waals surface area contributed by atoms with Crippen LogP contribution in [0.15, 0.2) is 36.5 Å². The van der Waals surface area contributed by atoms with Gasteiger partial charge in [-0.1, -0.05) is 288 Å². The normalized spacial score (nSPS) is 13.4. The summed E-state index contributed by atoms with van der Waals surface area (Å²) in [6.45, 7) is 4.29. The molecular formula is C68H130NO8P. The second kappa shape index (κ2) is 59.8. The third kappa shape index (κ3) is 63.4. The minimum absolute atomic E-state index is 0.0286. The number of phosphoric ester groups is 1. The smallest absolute Gasteiger partial charge is 0.306 e. The Labute approximate surface area is 484 Å². The highest BCUT2D eigenvalue weighted by Gasteiger charge is 2.22. The summed E-state index contributed by atoms with van der Waals surface area (Å²) in [5.41, 5.74) is 0. The lowest BCUT2D eigenvalue weighted by molar-refractivity contribution is -0.870. The molecule has 0 aliphatic rings. The van der Waals surface area contributed by atoms with Crippen molar-refractivity contribution in [3.05, 3.63) is 36.5 Å². The van der Waals surface area contributed by atoms with Crippen molar-refractivity contribution >= 4 is 19.8 Å². The lowest BCUT2D eigenvalue weighted by Crippen LogP contribution is -2.37. The quantitative estimate of drug-likeness (QED) is 0.0195. The molecule has 78 heavy (non-hydrogen) atoms. The first-order valence-electron chi connectivity index (χ1n) is 33.7. The molecule has 0 aromatic heterocycles. The van der Waals surface area contributed by atoms with Gasteiger partial charge in [0.25, 0.3) is 7.82 Å². The molecule has 0 saturated heterocycles. The molecule has 460 valence electrons. The molecule has 2 unspecified atom stereocenters. The molecule has 0 amide bonds. The van der Waals surface area contributed by atoms with Crippen molar-refractivity contribution < 1.29 is 42.1 Å². The van der Waals surface area contributed by atoms with Crippen molar-refractivity contribution in [2.75, 3.05) is 47.5 Å². The van der Waals surface area contributed by atoms with Crippen LogP contribution in [0.1, 0.15) is 335 Å². The van der Waals surface area contributed by atoms with E-state index >= 15 is 0 Å². The zero-order chi connectivity index (χ0) is 57.0. The fraction of sp³-hybridized carbons (Fsp3) is 0.882. The highest BCUT2D eigenvalue weighted by Crippen LogP contribution is 2.38. The number of hydrogen-bond donors (Lipinski definition) is 0. The van der Waals surface area contributed by atoms with Crippen LogP contribution in [0.25, 0.3) is 0 Å². The van der Waals surface area contributed by atoms with Crippen LogP contribution in [0.3, 0.4) is 0 Å². The first-order chi connectivity index (χ1) is 38.0. The Kier molecular flexibility index (Phi) is 58.5. The summed E-state index contributed by atoms with van der Waals surface area (Å²) in [6.07, 6.45) is 75.0. The van der Waals surface area contributed by atoms with Crippen LogP contribution in [0.5, 0.6) is 0 Å². The van der Waals surface area contributed by atoms with Gasteiger partial charge in [-0.2, -0.15) is 0 Å². The standard InChI is InChI=1S/C68H130NO8P/c1-6-8-10-12-14-16-18-20-22-24-26-28-30-31-32-33-34-35-36-37-39-41-43-45-47-49-51-53-55-57-59-61-68(71)77-66(65-76-78(72,73)75-63-62-69(3,4)5)64-74-67(70)60-58-56-54-52-50-48-46-44-42-40-38-29-27-25-23-21-19-17-15-13-11-9-7-2/h18,20,24-27,66H,6-17,19,21-23,28-65H2,1-5H3/b20-18-,26-24-,27-25-. The number of ether oxygens (including phenoxy) is 2. The van der Waals surface area contributed by atoms with Crippen LogP contribution in [0.4, 0.5) is 0 Å². The SMILES string of the molecule is CCCCCCC/C=C\C/C=C\CCCCCCCCCCCCCCCCCCCCCC(=O)OC(COC(=O)CCCCCCCCCCCCC/C=C\CCCCCCCCCC)COP(=O)([O-])OCC[N+](C)(C)C. The zero-order valence-electron chi connectivity index (χ0n) is 52.4. The lowest BCUT2D eigenvalue weighted by Gasteiger charge is -2.28. The van der Waals surface area contributed by atoms with E-state index in [1.165, 1.54) is 263 Å². The van der Waals surface area contributed by atoms with E-state index in [9.17, 15) is 19.0 Å². The summed E-state index contributed by atoms with van der Waals surface area (Å²) < 4.78 is 34.3. The Morgan fingerprint density at radius 2 is 0.692 bits per heavy atom. The van der Waals surface area contributed by atoms with Gasteiger partial charge in [0.05, 0.1) is 27.7 Å². The van der Waals surface area contributed by atoms with E-state index in [-0.39, 0.29) is 32.0 Å². The van der Waals surface area contributed by atoms with Crippen LogP contribution < -0.4 is 4.89 Å². The number of hydrogen-bond acceptors (Lipinski definition) is 8. The maximum atomic E-state index is 12.8. The third-order valence-electron chi connectivity index (χ3n) is 15.1. The first kappa shape index (κ1) is 76.2. The monoisotopic (exact) mass is 1120 g/mol. The lowest BCUT2D eigenvalue weighted by atomic mass is 10.0. The molecule has 0 aromatic rings. The summed E-state index contributed by atoms with van der Waals surface area (Å²) in [5.74, 6) is -0.816. The van der Waals surface area contributed by atoms with Crippen LogP contribution >= 0.6 is 7.82 Å². The van der Waals surface area contributed by atoms with Gasteiger partial charge < -0.3 is 27.9 Å². The average Bonchev–Trinajstić information content (AvgIpc) is 3.40. The van der Waals surface area contributed by atoms with Gasteiger partial charge >= 0.3 is 11.9 Å². The molecule has 0 radical (unpaired) electrons. The molecule has 0 heterocycles. The number of phosphoric acid groups is 1. The maximum Gasteiger partial charge on any atom is 0.306 e. The molecule has 9 nitrogen and oxygen atoms in total. The molecule has 0 fully saturated rings. The van der Waals surface area contributed by atoms with E-state index in [0.29, 0.717) is 17.4 Å². The summed E-state index contributed by atoms with van der Waals surface area (Å²) >= 11 is 0. The number of esters is 2. The average molecular weight is 1120 g/mol. The number of nitrogens with zero attached hydrogens (tertiary/aromatic N) is 1. The summed E-state index contributed by atoms with van der Waals surface area (Å²) in [4.78, 5) is 38.0. The molecule has 0 bridgehead atoms. The molecule has 0 saturated carbocycles. The van der Waals surface area contributed by atoms with Gasteiger partial charge in [-0.3, -0.25) is 14.2 Å². The number of likely N-dealkylation sites (N-methyl/N-ethyl adjacent to an activating group) is 1. The number of rotatable bonds is 63. The van der Waals surface area contributed by atoms with E-state index < -0.39 is 26.5 Å². The minimum Gasteiger partial charge on any atom is -0.756 e. The van der Waals surface area contributed by atoms with Crippen molar-refractivity contribution in [2.24, 2.45) is 0 Å². The minimum atomic E-state index is -4.64. The predicted octanol–water partition coefficient (Wildman–Crippen LogP) is 20.9. The fourth-order valence-corrected chi connectivity index (χ4v) is 10.6. The molecule has 10 heteroatoms. The molecule has 0 spiro atoms. The van der Waals surface area contributed by atoms with Gasteiger partial charge in [0.2, 0.25) is 0 Å². The van der Waals surface area contributed by atoms with Crippen molar-refractivity contribution in [3.63, 3.8) is 0 Å². The van der Waals surface area contributed by atoms with Crippen molar-refractivity contribution in [3.8, 4) is 0 Å². The third-order valence-corrected chi connectivity index (χ3v) is 16.1. The van der Waals surface area contributed by atoms with Crippen LogP contribution in [-0.4, -0.2) is 70.0 Å². The first-order valence-corrected chi connectivity index (χ1v) is 35.2. The Balaban J connectivity index is 4.02. The summed E-state index contributed by atoms with van der Waals surface area (Å²) in [6, 6.07) is 0. The van der Waals surface area contributed by atoms with Gasteiger partial charge in [0.15, 0.2) is 6.10 Å². The highest BCUT2D eigenvalue weighted by molar-refractivity contribution is 7.45. The van der Waals surface area contributed by atoms with Gasteiger partial charge in [-0.25, -0.2) is 0 Å². The molecule has 0 aliphatic carbocycles. The Bertz CT molecular complexity index is 1410. The zero-order valence-corrected chi connectivity index (χ0v) is 53.3. The Morgan fingerprint density at radius 1 is 0.397 bits per heavy atom. The van der Waals surface area contributed by atoms with Crippen LogP contribution in [0, 0.1) is 0 Å². The Morgan fingerprint density at radius 3 is 1.03 bits per heavy atom. The number of unbranched alkanes of at least 4 members (excludes halogenated alkanes) is 43. The number of carbonyl (C=O) groups excluding carboxylic acids is 2. The fourth-order valence-electron chi connectivity index (χ4n) is 9.92. The Hall–Kier alpha value is -1.77. The van der Waals surface area contributed by atoms with Gasteiger partial charge in [0, 0.05) is 12.8 Å². The number of allylic oxidation sites excluding steroid dienone is 6. The van der Waals surface area contributed by atoms with E-state index in [4.69, 9.17) is 18.5 Å². The topological polar surface area (TPSA) is 111 Å². The van der Waals surface area contributed by atoms with Gasteiger partial charge in [0.1, 0.15) is 19.8 Å². The van der Waals surface area contributed by atoms with E-state index in [1.54, 1.807) is 0 Å². The van der Waals surface area contributed by atoms with Crippen LogP contribution in [0.2, 0.25) is 0 Å². The molecule has 0 aliphatic heterocycles. The second-order valence-electron chi connectivity index (χ2n) is 24.2.